The van der Waals surface area contributed by atoms with E-state index in [1.54, 1.807) is 24.3 Å². The molecule has 0 heterocycles. The molecule has 0 radical (unpaired) electrons. The van der Waals surface area contributed by atoms with Gasteiger partial charge in [-0.25, -0.2) is 0 Å². The highest BCUT2D eigenvalue weighted by molar-refractivity contribution is 6.05. The van der Waals surface area contributed by atoms with E-state index in [1.807, 2.05) is 31.2 Å². The molecule has 5 heteroatoms. The largest absolute Gasteiger partial charge is 0.348 e. The fourth-order valence-electron chi connectivity index (χ4n) is 2.65. The summed E-state index contributed by atoms with van der Waals surface area (Å²) in [5.74, 6) is -0.374. The van der Waals surface area contributed by atoms with Crippen molar-refractivity contribution in [3.63, 3.8) is 0 Å². The van der Waals surface area contributed by atoms with Crippen molar-refractivity contribution >= 4 is 17.5 Å². The molecule has 138 valence electrons. The SMILES string of the molecule is CCCCC(CN)NC(=O)c1ccc(C)c(NC(=O)c2ccccc2)c1. The van der Waals surface area contributed by atoms with Crippen LogP contribution in [0.3, 0.4) is 0 Å². The highest BCUT2D eigenvalue weighted by Gasteiger charge is 2.14. The summed E-state index contributed by atoms with van der Waals surface area (Å²) in [4.78, 5) is 24.9. The van der Waals surface area contributed by atoms with Gasteiger partial charge in [0.1, 0.15) is 0 Å². The van der Waals surface area contributed by atoms with Crippen LogP contribution < -0.4 is 16.4 Å². The predicted molar refractivity (Wildman–Crippen MR) is 105 cm³/mol. The van der Waals surface area contributed by atoms with Gasteiger partial charge in [0.15, 0.2) is 0 Å². The van der Waals surface area contributed by atoms with Crippen molar-refractivity contribution < 1.29 is 9.59 Å². The lowest BCUT2D eigenvalue weighted by Crippen LogP contribution is -2.40. The zero-order valence-corrected chi connectivity index (χ0v) is 15.4. The molecular weight excluding hydrogens is 326 g/mol. The van der Waals surface area contributed by atoms with Crippen molar-refractivity contribution in [2.75, 3.05) is 11.9 Å². The third kappa shape index (κ3) is 5.43. The van der Waals surface area contributed by atoms with E-state index in [0.717, 1.165) is 24.8 Å². The zero-order chi connectivity index (χ0) is 18.9. The molecule has 0 aliphatic heterocycles. The van der Waals surface area contributed by atoms with Crippen LogP contribution in [0.15, 0.2) is 48.5 Å². The predicted octanol–water partition coefficient (Wildman–Crippen LogP) is 3.49. The van der Waals surface area contributed by atoms with E-state index >= 15 is 0 Å². The number of unbranched alkanes of at least 4 members (excludes halogenated alkanes) is 1. The van der Waals surface area contributed by atoms with E-state index in [1.165, 1.54) is 0 Å². The van der Waals surface area contributed by atoms with E-state index < -0.39 is 0 Å². The Morgan fingerprint density at radius 3 is 2.42 bits per heavy atom. The first-order valence-electron chi connectivity index (χ1n) is 9.03. The molecule has 0 saturated carbocycles. The Morgan fingerprint density at radius 1 is 1.04 bits per heavy atom. The van der Waals surface area contributed by atoms with Crippen LogP contribution in [0.4, 0.5) is 5.69 Å². The first-order valence-corrected chi connectivity index (χ1v) is 9.03. The monoisotopic (exact) mass is 353 g/mol. The van der Waals surface area contributed by atoms with E-state index in [0.29, 0.717) is 23.4 Å². The van der Waals surface area contributed by atoms with Crippen LogP contribution in [-0.2, 0) is 0 Å². The van der Waals surface area contributed by atoms with Gasteiger partial charge in [-0.3, -0.25) is 9.59 Å². The van der Waals surface area contributed by atoms with Crippen molar-refractivity contribution in [2.24, 2.45) is 5.73 Å². The van der Waals surface area contributed by atoms with Crippen LogP contribution in [0.1, 0.15) is 52.5 Å². The fraction of sp³-hybridized carbons (Fsp3) is 0.333. The van der Waals surface area contributed by atoms with Gasteiger partial charge in [-0.05, 0) is 43.2 Å². The van der Waals surface area contributed by atoms with Crippen molar-refractivity contribution in [2.45, 2.75) is 39.2 Å². The molecule has 0 fully saturated rings. The number of aryl methyl sites for hydroxylation is 1. The number of benzene rings is 2. The Kier molecular flexibility index (Phi) is 7.36. The summed E-state index contributed by atoms with van der Waals surface area (Å²) in [7, 11) is 0. The molecule has 2 aromatic rings. The standard InChI is InChI=1S/C21H27N3O2/c1-3-4-10-18(14-22)23-21(26)17-12-11-15(2)19(13-17)24-20(25)16-8-6-5-7-9-16/h5-9,11-13,18H,3-4,10,14,22H2,1-2H3,(H,23,26)(H,24,25). The van der Waals surface area contributed by atoms with Gasteiger partial charge in [-0.15, -0.1) is 0 Å². The Morgan fingerprint density at radius 2 is 1.77 bits per heavy atom. The lowest BCUT2D eigenvalue weighted by Gasteiger charge is -2.17. The van der Waals surface area contributed by atoms with Crippen molar-refractivity contribution in [1.82, 2.24) is 5.32 Å². The molecule has 5 nitrogen and oxygen atoms in total. The number of amides is 2. The summed E-state index contributed by atoms with van der Waals surface area (Å²) in [6.07, 6.45) is 2.95. The normalized spacial score (nSPS) is 11.7. The van der Waals surface area contributed by atoms with Crippen LogP contribution in [0, 0.1) is 6.92 Å². The second kappa shape index (κ2) is 9.73. The maximum Gasteiger partial charge on any atom is 0.255 e. The highest BCUT2D eigenvalue weighted by Crippen LogP contribution is 2.18. The van der Waals surface area contributed by atoms with Gasteiger partial charge in [0.2, 0.25) is 0 Å². The van der Waals surface area contributed by atoms with Gasteiger partial charge < -0.3 is 16.4 Å². The lowest BCUT2D eigenvalue weighted by atomic mass is 10.1. The molecule has 1 atom stereocenters. The minimum Gasteiger partial charge on any atom is -0.348 e. The lowest BCUT2D eigenvalue weighted by molar-refractivity contribution is 0.0934. The minimum absolute atomic E-state index is 0.0360. The number of rotatable bonds is 8. The quantitative estimate of drug-likeness (QED) is 0.679. The average molecular weight is 353 g/mol. The number of hydrogen-bond donors (Lipinski definition) is 3. The molecule has 2 amide bonds. The van der Waals surface area contributed by atoms with E-state index in [9.17, 15) is 9.59 Å². The number of hydrogen-bond acceptors (Lipinski definition) is 3. The summed E-state index contributed by atoms with van der Waals surface area (Å²) in [6.45, 7) is 4.42. The van der Waals surface area contributed by atoms with Gasteiger partial charge in [0, 0.05) is 29.4 Å². The first-order chi connectivity index (χ1) is 12.5. The average Bonchev–Trinajstić information content (AvgIpc) is 2.67. The van der Waals surface area contributed by atoms with Crippen molar-refractivity contribution in [1.29, 1.82) is 0 Å². The Hall–Kier alpha value is -2.66. The summed E-state index contributed by atoms with van der Waals surface area (Å²) in [5, 5.41) is 5.85. The Labute approximate surface area is 155 Å². The van der Waals surface area contributed by atoms with Crippen LogP contribution in [0.25, 0.3) is 0 Å². The minimum atomic E-state index is -0.200. The summed E-state index contributed by atoms with van der Waals surface area (Å²) >= 11 is 0. The maximum absolute atomic E-state index is 12.5. The highest BCUT2D eigenvalue weighted by atomic mass is 16.2. The summed E-state index contributed by atoms with van der Waals surface area (Å²) in [5.41, 5.74) is 8.36. The van der Waals surface area contributed by atoms with Crippen molar-refractivity contribution in [3.8, 4) is 0 Å². The smallest absolute Gasteiger partial charge is 0.255 e. The molecule has 2 aromatic carbocycles. The second-order valence-electron chi connectivity index (χ2n) is 6.40. The number of nitrogens with two attached hydrogens (primary N) is 1. The van der Waals surface area contributed by atoms with Crippen LogP contribution >= 0.6 is 0 Å². The van der Waals surface area contributed by atoms with E-state index in [-0.39, 0.29) is 17.9 Å². The molecule has 0 saturated heterocycles. The summed E-state index contributed by atoms with van der Waals surface area (Å²) < 4.78 is 0. The number of carbonyl (C=O) groups excluding carboxylic acids is 2. The number of anilines is 1. The van der Waals surface area contributed by atoms with Crippen LogP contribution in [0.5, 0.6) is 0 Å². The van der Waals surface area contributed by atoms with E-state index in [4.69, 9.17) is 5.73 Å². The molecule has 0 bridgehead atoms. The third-order valence-electron chi connectivity index (χ3n) is 4.31. The summed E-state index contributed by atoms with van der Waals surface area (Å²) in [6, 6.07) is 14.3. The van der Waals surface area contributed by atoms with Gasteiger partial charge in [0.25, 0.3) is 11.8 Å². The fourth-order valence-corrected chi connectivity index (χ4v) is 2.65. The molecule has 0 aliphatic carbocycles. The van der Waals surface area contributed by atoms with Gasteiger partial charge >= 0.3 is 0 Å². The molecule has 1 unspecified atom stereocenters. The Bertz CT molecular complexity index is 744. The second-order valence-corrected chi connectivity index (χ2v) is 6.40. The van der Waals surface area contributed by atoms with Gasteiger partial charge in [0.05, 0.1) is 0 Å². The third-order valence-corrected chi connectivity index (χ3v) is 4.31. The number of nitrogens with one attached hydrogen (secondary N) is 2. The molecule has 0 aliphatic rings. The zero-order valence-electron chi connectivity index (χ0n) is 15.4. The molecule has 0 aromatic heterocycles. The molecule has 2 rings (SSSR count). The molecule has 26 heavy (non-hydrogen) atoms. The van der Waals surface area contributed by atoms with Gasteiger partial charge in [-0.2, -0.15) is 0 Å². The first kappa shape index (κ1) is 19.7. The van der Waals surface area contributed by atoms with Crippen molar-refractivity contribution in [3.05, 3.63) is 65.2 Å². The molecular formula is C21H27N3O2. The Balaban J connectivity index is 2.10. The van der Waals surface area contributed by atoms with Crippen LogP contribution in [0.2, 0.25) is 0 Å². The topological polar surface area (TPSA) is 84.2 Å². The molecule has 0 spiro atoms. The number of carbonyl (C=O) groups is 2. The van der Waals surface area contributed by atoms with Crippen LogP contribution in [-0.4, -0.2) is 24.4 Å². The van der Waals surface area contributed by atoms with E-state index in [2.05, 4.69) is 17.6 Å². The van der Waals surface area contributed by atoms with Gasteiger partial charge in [-0.1, -0.05) is 44.0 Å². The molecule has 4 N–H and O–H groups in total. The maximum atomic E-state index is 12.5.